The monoisotopic (exact) mass is 381 g/mol. The summed E-state index contributed by atoms with van der Waals surface area (Å²) in [5, 5.41) is 0. The largest absolute Gasteiger partial charge is 0.383 e. The number of halogens is 2. The van der Waals surface area contributed by atoms with E-state index >= 15 is 0 Å². The van der Waals surface area contributed by atoms with E-state index in [2.05, 4.69) is 27.0 Å². The van der Waals surface area contributed by atoms with Crippen molar-refractivity contribution in [3.63, 3.8) is 0 Å². The lowest BCUT2D eigenvalue weighted by molar-refractivity contribution is 0.628. The Kier molecular flexibility index (Phi) is 3.58. The number of rotatable bonds is 2. The summed E-state index contributed by atoms with van der Waals surface area (Å²) in [4.78, 5) is 4.15. The number of nitrogen functional groups attached to an aromatic ring is 1. The fourth-order valence-corrected chi connectivity index (χ4v) is 3.42. The summed E-state index contributed by atoms with van der Waals surface area (Å²) in [5.74, 6) is 0.254. The Balaban J connectivity index is 1.88. The topological polar surface area (TPSA) is 43.3 Å². The molecule has 0 fully saturated rings. The summed E-state index contributed by atoms with van der Waals surface area (Å²) < 4.78 is 16.1. The second kappa shape index (κ2) is 5.76. The summed E-state index contributed by atoms with van der Waals surface area (Å²) >= 11 is 3.66. The Morgan fingerprint density at radius 1 is 0.958 bits per heavy atom. The van der Waals surface area contributed by atoms with Gasteiger partial charge in [-0.05, 0) is 63.5 Å². The van der Waals surface area contributed by atoms with Crippen LogP contribution < -0.4 is 5.73 Å². The van der Waals surface area contributed by atoms with Crippen molar-refractivity contribution in [2.24, 2.45) is 0 Å². The molecule has 0 aliphatic carbocycles. The summed E-state index contributed by atoms with van der Waals surface area (Å²) in [6.45, 7) is 0. The first-order chi connectivity index (χ1) is 11.6. The van der Waals surface area contributed by atoms with Crippen LogP contribution in [-0.4, -0.2) is 9.38 Å². The van der Waals surface area contributed by atoms with E-state index in [-0.39, 0.29) is 5.82 Å². The molecule has 0 radical (unpaired) electrons. The number of benzene rings is 1. The number of anilines is 1. The molecule has 118 valence electrons. The lowest BCUT2D eigenvalue weighted by Crippen LogP contribution is -1.93. The lowest BCUT2D eigenvalue weighted by atomic mass is 10.1. The number of nitrogens with zero attached hydrogens (tertiary/aromatic N) is 2. The van der Waals surface area contributed by atoms with E-state index in [0.717, 1.165) is 32.4 Å². The molecule has 3 aromatic heterocycles. The first-order valence-electron chi connectivity index (χ1n) is 7.41. The first kappa shape index (κ1) is 14.9. The van der Waals surface area contributed by atoms with Crippen LogP contribution in [0.15, 0.2) is 71.6 Å². The predicted molar refractivity (Wildman–Crippen MR) is 98.1 cm³/mol. The average molecular weight is 382 g/mol. The van der Waals surface area contributed by atoms with E-state index in [1.165, 1.54) is 12.1 Å². The SMILES string of the molecule is Nc1ncccc1-c1cc2ccc(-c3ccc(F)cc3)cn2c1Br. The molecule has 0 saturated heterocycles. The third-order valence-electron chi connectivity index (χ3n) is 4.01. The number of nitrogens with two attached hydrogens (primary N) is 1. The molecule has 3 heterocycles. The van der Waals surface area contributed by atoms with E-state index in [4.69, 9.17) is 5.73 Å². The molecule has 1 aromatic carbocycles. The molecule has 0 atom stereocenters. The van der Waals surface area contributed by atoms with Crippen molar-refractivity contribution in [3.8, 4) is 22.3 Å². The number of pyridine rings is 2. The zero-order valence-corrected chi connectivity index (χ0v) is 14.2. The first-order valence-corrected chi connectivity index (χ1v) is 8.20. The molecule has 0 spiro atoms. The van der Waals surface area contributed by atoms with Gasteiger partial charge in [-0.2, -0.15) is 0 Å². The molecule has 0 aliphatic heterocycles. The van der Waals surface area contributed by atoms with Crippen LogP contribution in [0.4, 0.5) is 10.2 Å². The van der Waals surface area contributed by atoms with Gasteiger partial charge in [0.25, 0.3) is 0 Å². The number of hydrogen-bond donors (Lipinski definition) is 1. The Morgan fingerprint density at radius 3 is 2.46 bits per heavy atom. The van der Waals surface area contributed by atoms with Crippen molar-refractivity contribution < 1.29 is 4.39 Å². The van der Waals surface area contributed by atoms with Crippen LogP contribution in [0.25, 0.3) is 27.8 Å². The van der Waals surface area contributed by atoms with Crippen molar-refractivity contribution in [1.29, 1.82) is 0 Å². The van der Waals surface area contributed by atoms with Gasteiger partial charge in [-0.15, -0.1) is 0 Å². The van der Waals surface area contributed by atoms with Crippen LogP contribution in [0.2, 0.25) is 0 Å². The summed E-state index contributed by atoms with van der Waals surface area (Å²) in [5.41, 5.74) is 10.9. The van der Waals surface area contributed by atoms with Gasteiger partial charge in [-0.1, -0.05) is 18.2 Å². The molecule has 0 amide bonds. The van der Waals surface area contributed by atoms with Gasteiger partial charge in [0, 0.05) is 29.0 Å². The van der Waals surface area contributed by atoms with Gasteiger partial charge in [0.2, 0.25) is 0 Å². The molecule has 5 heteroatoms. The second-order valence-corrected chi connectivity index (χ2v) is 6.26. The van der Waals surface area contributed by atoms with Crippen LogP contribution in [-0.2, 0) is 0 Å². The fraction of sp³-hybridized carbons (Fsp3) is 0. The molecule has 2 N–H and O–H groups in total. The minimum Gasteiger partial charge on any atom is -0.383 e. The standard InChI is InChI=1S/C19H13BrFN3/c20-18-17(16-2-1-9-23-19(16)22)10-15-8-5-13(11-24(15)18)12-3-6-14(21)7-4-12/h1-11H,(H2,22,23). The Bertz CT molecular complexity index is 1040. The summed E-state index contributed by atoms with van der Waals surface area (Å²) in [6.07, 6.45) is 3.69. The molecule has 0 unspecified atom stereocenters. The van der Waals surface area contributed by atoms with Crippen molar-refractivity contribution in [3.05, 3.63) is 77.4 Å². The fourth-order valence-electron chi connectivity index (χ4n) is 2.78. The molecule has 0 saturated carbocycles. The zero-order valence-electron chi connectivity index (χ0n) is 12.6. The van der Waals surface area contributed by atoms with E-state index in [1.54, 1.807) is 18.3 Å². The third kappa shape index (κ3) is 2.47. The predicted octanol–water partition coefficient (Wildman–Crippen LogP) is 5.15. The van der Waals surface area contributed by atoms with Gasteiger partial charge in [0.15, 0.2) is 0 Å². The maximum Gasteiger partial charge on any atom is 0.131 e. The molecule has 4 aromatic rings. The highest BCUT2D eigenvalue weighted by atomic mass is 79.9. The molecule has 4 rings (SSSR count). The smallest absolute Gasteiger partial charge is 0.131 e. The van der Waals surface area contributed by atoms with Crippen molar-refractivity contribution in [1.82, 2.24) is 9.38 Å². The molecule has 0 bridgehead atoms. The van der Waals surface area contributed by atoms with Gasteiger partial charge in [0.05, 0.1) is 4.60 Å². The molecule has 3 nitrogen and oxygen atoms in total. The maximum absolute atomic E-state index is 13.1. The van der Waals surface area contributed by atoms with E-state index in [0.29, 0.717) is 5.82 Å². The van der Waals surface area contributed by atoms with Gasteiger partial charge in [0.1, 0.15) is 11.6 Å². The summed E-state index contributed by atoms with van der Waals surface area (Å²) in [7, 11) is 0. The van der Waals surface area contributed by atoms with Crippen molar-refractivity contribution in [2.45, 2.75) is 0 Å². The zero-order chi connectivity index (χ0) is 16.7. The van der Waals surface area contributed by atoms with Crippen LogP contribution >= 0.6 is 15.9 Å². The van der Waals surface area contributed by atoms with Gasteiger partial charge < -0.3 is 10.1 Å². The van der Waals surface area contributed by atoms with Crippen molar-refractivity contribution in [2.75, 3.05) is 5.73 Å². The van der Waals surface area contributed by atoms with Crippen LogP contribution in [0.5, 0.6) is 0 Å². The quantitative estimate of drug-likeness (QED) is 0.521. The minimum absolute atomic E-state index is 0.240. The minimum atomic E-state index is -0.240. The Hall–Kier alpha value is -2.66. The van der Waals surface area contributed by atoms with Crippen LogP contribution in [0.1, 0.15) is 0 Å². The van der Waals surface area contributed by atoms with E-state index < -0.39 is 0 Å². The number of aromatic nitrogens is 2. The van der Waals surface area contributed by atoms with Gasteiger partial charge in [-0.25, -0.2) is 9.37 Å². The number of hydrogen-bond acceptors (Lipinski definition) is 2. The highest BCUT2D eigenvalue weighted by Gasteiger charge is 2.13. The molecule has 24 heavy (non-hydrogen) atoms. The van der Waals surface area contributed by atoms with Gasteiger partial charge in [-0.3, -0.25) is 0 Å². The second-order valence-electron chi connectivity index (χ2n) is 5.50. The highest BCUT2D eigenvalue weighted by Crippen LogP contribution is 2.35. The lowest BCUT2D eigenvalue weighted by Gasteiger charge is -2.05. The normalized spacial score (nSPS) is 11.1. The number of fused-ring (bicyclic) bond motifs is 1. The Morgan fingerprint density at radius 2 is 1.71 bits per heavy atom. The Labute approximate surface area is 146 Å². The maximum atomic E-state index is 13.1. The van der Waals surface area contributed by atoms with Crippen molar-refractivity contribution >= 4 is 27.3 Å². The summed E-state index contributed by atoms with van der Waals surface area (Å²) in [6, 6.07) is 16.4. The van der Waals surface area contributed by atoms with Gasteiger partial charge >= 0.3 is 0 Å². The molecule has 0 aliphatic rings. The van der Waals surface area contributed by atoms with E-state index in [1.807, 2.05) is 34.9 Å². The average Bonchev–Trinajstić information content (AvgIpc) is 2.92. The molecular formula is C19H13BrFN3. The van der Waals surface area contributed by atoms with Crippen LogP contribution in [0.3, 0.4) is 0 Å². The van der Waals surface area contributed by atoms with Crippen LogP contribution in [0, 0.1) is 5.82 Å². The van der Waals surface area contributed by atoms with E-state index in [9.17, 15) is 4.39 Å². The third-order valence-corrected chi connectivity index (χ3v) is 4.82. The molecular weight excluding hydrogens is 369 g/mol. The highest BCUT2D eigenvalue weighted by molar-refractivity contribution is 9.10.